The summed E-state index contributed by atoms with van der Waals surface area (Å²) in [4.78, 5) is 52.1. The molecule has 2 aliphatic rings. The zero-order valence-electron chi connectivity index (χ0n) is 16.6. The molecule has 2 aliphatic heterocycles. The SMILES string of the molecule is CC(C)(C)C(=O)N1CCC(C(=O)OCCN2C(=O)c3ccccc3C2=O)CC1. The van der Waals surface area contributed by atoms with E-state index >= 15 is 0 Å². The highest BCUT2D eigenvalue weighted by Crippen LogP contribution is 2.25. The van der Waals surface area contributed by atoms with Crippen LogP contribution in [0.3, 0.4) is 0 Å². The number of likely N-dealkylation sites (tertiary alicyclic amines) is 1. The van der Waals surface area contributed by atoms with Crippen LogP contribution < -0.4 is 0 Å². The third-order valence-corrected chi connectivity index (χ3v) is 5.19. The van der Waals surface area contributed by atoms with Gasteiger partial charge in [-0.25, -0.2) is 0 Å². The monoisotopic (exact) mass is 386 g/mol. The number of amides is 3. The van der Waals surface area contributed by atoms with Crippen LogP contribution in [0.2, 0.25) is 0 Å². The lowest BCUT2D eigenvalue weighted by atomic mass is 9.91. The van der Waals surface area contributed by atoms with Crippen LogP contribution in [0, 0.1) is 11.3 Å². The van der Waals surface area contributed by atoms with Crippen LogP contribution in [0.5, 0.6) is 0 Å². The smallest absolute Gasteiger partial charge is 0.309 e. The van der Waals surface area contributed by atoms with Gasteiger partial charge in [0.15, 0.2) is 0 Å². The van der Waals surface area contributed by atoms with E-state index in [1.54, 1.807) is 29.2 Å². The fourth-order valence-corrected chi connectivity index (χ4v) is 3.59. The molecular formula is C21H26N2O5. The summed E-state index contributed by atoms with van der Waals surface area (Å²) in [6.07, 6.45) is 1.13. The largest absolute Gasteiger partial charge is 0.464 e. The molecule has 3 rings (SSSR count). The van der Waals surface area contributed by atoms with Crippen LogP contribution in [-0.2, 0) is 14.3 Å². The maximum absolute atomic E-state index is 12.3. The number of rotatable bonds is 4. The molecule has 7 nitrogen and oxygen atoms in total. The van der Waals surface area contributed by atoms with Crippen LogP contribution in [-0.4, -0.2) is 59.7 Å². The molecule has 0 spiro atoms. The van der Waals surface area contributed by atoms with Crippen molar-refractivity contribution in [1.29, 1.82) is 0 Å². The van der Waals surface area contributed by atoms with E-state index in [2.05, 4.69) is 0 Å². The molecule has 0 aliphatic carbocycles. The van der Waals surface area contributed by atoms with Crippen molar-refractivity contribution in [1.82, 2.24) is 9.80 Å². The minimum absolute atomic E-state index is 0.0224. The third-order valence-electron chi connectivity index (χ3n) is 5.19. The molecule has 1 fully saturated rings. The van der Waals surface area contributed by atoms with Crippen molar-refractivity contribution in [3.05, 3.63) is 35.4 Å². The molecule has 1 saturated heterocycles. The Hall–Kier alpha value is -2.70. The fraction of sp³-hybridized carbons (Fsp3) is 0.524. The van der Waals surface area contributed by atoms with Gasteiger partial charge >= 0.3 is 5.97 Å². The lowest BCUT2D eigenvalue weighted by Crippen LogP contribution is -2.45. The van der Waals surface area contributed by atoms with Crippen molar-refractivity contribution < 1.29 is 23.9 Å². The van der Waals surface area contributed by atoms with Crippen LogP contribution in [0.15, 0.2) is 24.3 Å². The summed E-state index contributed by atoms with van der Waals surface area (Å²) >= 11 is 0. The molecule has 2 heterocycles. The predicted molar refractivity (Wildman–Crippen MR) is 102 cm³/mol. The van der Waals surface area contributed by atoms with Gasteiger partial charge in [-0.2, -0.15) is 0 Å². The van der Waals surface area contributed by atoms with Crippen molar-refractivity contribution in [2.24, 2.45) is 11.3 Å². The topological polar surface area (TPSA) is 84.0 Å². The molecule has 150 valence electrons. The summed E-state index contributed by atoms with van der Waals surface area (Å²) in [6, 6.07) is 6.66. The Morgan fingerprint density at radius 3 is 2.07 bits per heavy atom. The zero-order chi connectivity index (χ0) is 20.5. The van der Waals surface area contributed by atoms with Gasteiger partial charge in [0.25, 0.3) is 11.8 Å². The Kier molecular flexibility index (Phi) is 5.54. The molecule has 1 aromatic rings. The number of hydrogen-bond donors (Lipinski definition) is 0. The van der Waals surface area contributed by atoms with Crippen LogP contribution in [0.4, 0.5) is 0 Å². The molecule has 0 bridgehead atoms. The predicted octanol–water partition coefficient (Wildman–Crippen LogP) is 2.11. The van der Waals surface area contributed by atoms with Gasteiger partial charge in [0.05, 0.1) is 23.6 Å². The molecule has 28 heavy (non-hydrogen) atoms. The van der Waals surface area contributed by atoms with Gasteiger partial charge in [-0.15, -0.1) is 0 Å². The molecule has 1 aromatic carbocycles. The van der Waals surface area contributed by atoms with Gasteiger partial charge < -0.3 is 9.64 Å². The fourth-order valence-electron chi connectivity index (χ4n) is 3.59. The number of benzene rings is 1. The number of piperidine rings is 1. The third kappa shape index (κ3) is 3.93. The maximum Gasteiger partial charge on any atom is 0.309 e. The summed E-state index contributed by atoms with van der Waals surface area (Å²) in [6.45, 7) is 6.74. The average Bonchev–Trinajstić information content (AvgIpc) is 2.92. The Labute approximate surface area is 164 Å². The second-order valence-electron chi connectivity index (χ2n) is 8.29. The number of nitrogens with zero attached hydrogens (tertiary/aromatic N) is 2. The quantitative estimate of drug-likeness (QED) is 0.585. The molecule has 3 amide bonds. The van der Waals surface area contributed by atoms with E-state index in [0.717, 1.165) is 4.90 Å². The minimum atomic E-state index is -0.431. The first kappa shape index (κ1) is 20.0. The number of ether oxygens (including phenoxy) is 1. The average molecular weight is 386 g/mol. The van der Waals surface area contributed by atoms with E-state index in [4.69, 9.17) is 4.74 Å². The second kappa shape index (κ2) is 7.73. The maximum atomic E-state index is 12.3. The first-order valence-electron chi connectivity index (χ1n) is 9.61. The van der Waals surface area contributed by atoms with Gasteiger partial charge in [0, 0.05) is 18.5 Å². The van der Waals surface area contributed by atoms with E-state index in [9.17, 15) is 19.2 Å². The van der Waals surface area contributed by atoms with E-state index in [1.165, 1.54) is 0 Å². The van der Waals surface area contributed by atoms with Crippen LogP contribution in [0.25, 0.3) is 0 Å². The van der Waals surface area contributed by atoms with Crippen molar-refractivity contribution in [2.75, 3.05) is 26.2 Å². The second-order valence-corrected chi connectivity index (χ2v) is 8.29. The summed E-state index contributed by atoms with van der Waals surface area (Å²) in [5.74, 6) is -1.22. The number of esters is 1. The van der Waals surface area contributed by atoms with Gasteiger partial charge in [-0.3, -0.25) is 24.1 Å². The Morgan fingerprint density at radius 2 is 1.57 bits per heavy atom. The Morgan fingerprint density at radius 1 is 1.04 bits per heavy atom. The van der Waals surface area contributed by atoms with Gasteiger partial charge in [-0.05, 0) is 25.0 Å². The number of fused-ring (bicyclic) bond motifs is 1. The summed E-state index contributed by atoms with van der Waals surface area (Å²) in [7, 11) is 0. The van der Waals surface area contributed by atoms with Crippen LogP contribution in [0.1, 0.15) is 54.3 Å². The number of hydrogen-bond acceptors (Lipinski definition) is 5. The van der Waals surface area contributed by atoms with E-state index < -0.39 is 5.41 Å². The molecule has 0 N–H and O–H groups in total. The Balaban J connectivity index is 1.46. The van der Waals surface area contributed by atoms with E-state index in [1.807, 2.05) is 20.8 Å². The zero-order valence-corrected chi connectivity index (χ0v) is 16.6. The molecule has 7 heteroatoms. The van der Waals surface area contributed by atoms with Crippen molar-refractivity contribution in [3.8, 4) is 0 Å². The number of carbonyl (C=O) groups excluding carboxylic acids is 4. The molecule has 0 atom stereocenters. The van der Waals surface area contributed by atoms with Crippen molar-refractivity contribution in [3.63, 3.8) is 0 Å². The lowest BCUT2D eigenvalue weighted by molar-refractivity contribution is -0.153. The Bertz CT molecular complexity index is 768. The molecule has 0 saturated carbocycles. The highest BCUT2D eigenvalue weighted by Gasteiger charge is 2.36. The highest BCUT2D eigenvalue weighted by molar-refractivity contribution is 6.21. The standard InChI is InChI=1S/C21H26N2O5/c1-21(2,3)20(27)22-10-8-14(9-11-22)19(26)28-13-12-23-17(24)15-6-4-5-7-16(15)18(23)25/h4-7,14H,8-13H2,1-3H3. The molecule has 0 radical (unpaired) electrons. The first-order valence-corrected chi connectivity index (χ1v) is 9.61. The van der Waals surface area contributed by atoms with Crippen molar-refractivity contribution in [2.45, 2.75) is 33.6 Å². The highest BCUT2D eigenvalue weighted by atomic mass is 16.5. The molecular weight excluding hydrogens is 360 g/mol. The molecule has 0 unspecified atom stereocenters. The van der Waals surface area contributed by atoms with Gasteiger partial charge in [0.2, 0.25) is 5.91 Å². The van der Waals surface area contributed by atoms with Gasteiger partial charge in [-0.1, -0.05) is 32.9 Å². The number of carbonyl (C=O) groups is 4. The number of imide groups is 1. The van der Waals surface area contributed by atoms with E-state index in [-0.39, 0.29) is 42.8 Å². The van der Waals surface area contributed by atoms with Crippen molar-refractivity contribution >= 4 is 23.7 Å². The summed E-state index contributed by atoms with van der Waals surface area (Å²) < 4.78 is 5.31. The van der Waals surface area contributed by atoms with Gasteiger partial charge in [0.1, 0.15) is 6.61 Å². The lowest BCUT2D eigenvalue weighted by Gasteiger charge is -2.35. The van der Waals surface area contributed by atoms with E-state index in [0.29, 0.717) is 37.1 Å². The normalized spacial score (nSPS) is 17.7. The summed E-state index contributed by atoms with van der Waals surface area (Å²) in [5.41, 5.74) is 0.337. The first-order chi connectivity index (χ1) is 13.2. The minimum Gasteiger partial charge on any atom is -0.464 e. The van der Waals surface area contributed by atoms with Crippen LogP contribution >= 0.6 is 0 Å². The molecule has 0 aromatic heterocycles. The summed E-state index contributed by atoms with van der Waals surface area (Å²) in [5, 5.41) is 0.